The summed E-state index contributed by atoms with van der Waals surface area (Å²) in [6.45, 7) is 7.74. The summed E-state index contributed by atoms with van der Waals surface area (Å²) in [6.07, 6.45) is 0.455. The number of anilines is 1. The molecule has 0 radical (unpaired) electrons. The van der Waals surface area contributed by atoms with Crippen LogP contribution in [0.15, 0.2) is 24.3 Å². The minimum atomic E-state index is -0.362. The second kappa shape index (κ2) is 8.42. The van der Waals surface area contributed by atoms with E-state index in [9.17, 15) is 9.59 Å². The van der Waals surface area contributed by atoms with E-state index >= 15 is 0 Å². The second-order valence-electron chi connectivity index (χ2n) is 4.89. The van der Waals surface area contributed by atoms with Crippen molar-refractivity contribution in [2.24, 2.45) is 0 Å². The molecular formula is C16H24N2O3. The molecule has 116 valence electrons. The summed E-state index contributed by atoms with van der Waals surface area (Å²) in [6, 6.07) is 7.23. The molecule has 0 aromatic heterocycles. The molecule has 5 nitrogen and oxygen atoms in total. The highest BCUT2D eigenvalue weighted by Gasteiger charge is 2.17. The van der Waals surface area contributed by atoms with E-state index in [0.717, 1.165) is 11.3 Å². The fourth-order valence-electron chi connectivity index (χ4n) is 1.91. The predicted octanol–water partition coefficient (Wildman–Crippen LogP) is 2.64. The zero-order valence-electron chi connectivity index (χ0n) is 13.1. The van der Waals surface area contributed by atoms with Crippen LogP contribution in [-0.4, -0.2) is 24.5 Å². The standard InChI is InChI=1S/C16H24N2O3/c1-5-15(19)18-14-9-7-13(8-10-14)11(3)17-12(4)16(20)21-6-2/h7-12,17H,5-6H2,1-4H3,(H,18,19)/t11-,12-/m0/s1. The molecular weight excluding hydrogens is 268 g/mol. The second-order valence-corrected chi connectivity index (χ2v) is 4.89. The highest BCUT2D eigenvalue weighted by molar-refractivity contribution is 5.90. The molecule has 0 fully saturated rings. The summed E-state index contributed by atoms with van der Waals surface area (Å²) >= 11 is 0. The van der Waals surface area contributed by atoms with Gasteiger partial charge in [0.2, 0.25) is 5.91 Å². The first-order chi connectivity index (χ1) is 9.97. The Labute approximate surface area is 126 Å². The van der Waals surface area contributed by atoms with E-state index in [0.29, 0.717) is 13.0 Å². The van der Waals surface area contributed by atoms with Crippen LogP contribution in [0.25, 0.3) is 0 Å². The van der Waals surface area contributed by atoms with Crippen molar-refractivity contribution < 1.29 is 14.3 Å². The zero-order chi connectivity index (χ0) is 15.8. The largest absolute Gasteiger partial charge is 0.465 e. The maximum absolute atomic E-state index is 11.6. The van der Waals surface area contributed by atoms with Gasteiger partial charge in [0.1, 0.15) is 6.04 Å². The van der Waals surface area contributed by atoms with Crippen LogP contribution in [0.3, 0.4) is 0 Å². The minimum absolute atomic E-state index is 0.00939. The number of esters is 1. The molecule has 1 aromatic rings. The fraction of sp³-hybridized carbons (Fsp3) is 0.500. The van der Waals surface area contributed by atoms with E-state index in [1.165, 1.54) is 0 Å². The van der Waals surface area contributed by atoms with Crippen LogP contribution in [0.4, 0.5) is 5.69 Å². The van der Waals surface area contributed by atoms with Gasteiger partial charge in [-0.05, 0) is 38.5 Å². The zero-order valence-corrected chi connectivity index (χ0v) is 13.1. The number of ether oxygens (including phenoxy) is 1. The Morgan fingerprint density at radius 2 is 1.76 bits per heavy atom. The molecule has 0 saturated carbocycles. The number of rotatable bonds is 7. The van der Waals surface area contributed by atoms with E-state index in [-0.39, 0.29) is 24.0 Å². The van der Waals surface area contributed by atoms with E-state index < -0.39 is 0 Å². The Morgan fingerprint density at radius 3 is 2.29 bits per heavy atom. The van der Waals surface area contributed by atoms with E-state index in [1.807, 2.05) is 38.1 Å². The molecule has 21 heavy (non-hydrogen) atoms. The molecule has 5 heteroatoms. The van der Waals surface area contributed by atoms with E-state index in [4.69, 9.17) is 4.74 Å². The van der Waals surface area contributed by atoms with Gasteiger partial charge in [-0.1, -0.05) is 19.1 Å². The first kappa shape index (κ1) is 17.2. The summed E-state index contributed by atoms with van der Waals surface area (Å²) in [4.78, 5) is 22.9. The number of carbonyl (C=O) groups is 2. The third-order valence-electron chi connectivity index (χ3n) is 3.16. The Bertz CT molecular complexity index is 471. The van der Waals surface area contributed by atoms with Crippen molar-refractivity contribution in [3.63, 3.8) is 0 Å². The van der Waals surface area contributed by atoms with Gasteiger partial charge in [0.05, 0.1) is 6.61 Å². The summed E-state index contributed by atoms with van der Waals surface area (Å²) < 4.78 is 4.97. The van der Waals surface area contributed by atoms with Crippen molar-refractivity contribution in [3.8, 4) is 0 Å². The molecule has 0 bridgehead atoms. The van der Waals surface area contributed by atoms with Crippen molar-refractivity contribution >= 4 is 17.6 Å². The van der Waals surface area contributed by atoms with Crippen LogP contribution in [0.2, 0.25) is 0 Å². The highest BCUT2D eigenvalue weighted by atomic mass is 16.5. The van der Waals surface area contributed by atoms with Gasteiger partial charge < -0.3 is 10.1 Å². The average Bonchev–Trinajstić information content (AvgIpc) is 2.47. The SMILES string of the molecule is CCOC(=O)[C@H](C)N[C@@H](C)c1ccc(NC(=O)CC)cc1. The molecule has 0 aliphatic heterocycles. The van der Waals surface area contributed by atoms with Crippen molar-refractivity contribution in [3.05, 3.63) is 29.8 Å². The number of hydrogen-bond donors (Lipinski definition) is 2. The molecule has 2 N–H and O–H groups in total. The maximum Gasteiger partial charge on any atom is 0.322 e. The number of carbonyl (C=O) groups excluding carboxylic acids is 2. The highest BCUT2D eigenvalue weighted by Crippen LogP contribution is 2.17. The summed E-state index contributed by atoms with van der Waals surface area (Å²) in [5, 5.41) is 5.99. The molecule has 1 amide bonds. The number of benzene rings is 1. The molecule has 0 heterocycles. The van der Waals surface area contributed by atoms with Crippen LogP contribution >= 0.6 is 0 Å². The third-order valence-corrected chi connectivity index (χ3v) is 3.16. The van der Waals surface area contributed by atoms with Crippen molar-refractivity contribution in [1.29, 1.82) is 0 Å². The lowest BCUT2D eigenvalue weighted by molar-refractivity contribution is -0.145. The van der Waals surface area contributed by atoms with E-state index in [1.54, 1.807) is 13.8 Å². The number of amides is 1. The Kier molecular flexibility index (Phi) is 6.88. The van der Waals surface area contributed by atoms with Gasteiger partial charge in [-0.15, -0.1) is 0 Å². The van der Waals surface area contributed by atoms with Gasteiger partial charge >= 0.3 is 5.97 Å². The van der Waals surface area contributed by atoms with Gasteiger partial charge in [-0.2, -0.15) is 0 Å². The van der Waals surface area contributed by atoms with Gasteiger partial charge in [0, 0.05) is 18.2 Å². The smallest absolute Gasteiger partial charge is 0.322 e. The quantitative estimate of drug-likeness (QED) is 0.758. The molecule has 0 saturated heterocycles. The van der Waals surface area contributed by atoms with Crippen molar-refractivity contribution in [2.45, 2.75) is 46.2 Å². The molecule has 0 aliphatic rings. The van der Waals surface area contributed by atoms with Crippen LogP contribution in [0.1, 0.15) is 45.7 Å². The van der Waals surface area contributed by atoms with Crippen molar-refractivity contribution in [1.82, 2.24) is 5.32 Å². The lowest BCUT2D eigenvalue weighted by atomic mass is 10.1. The molecule has 0 unspecified atom stereocenters. The number of hydrogen-bond acceptors (Lipinski definition) is 4. The number of nitrogens with one attached hydrogen (secondary N) is 2. The van der Waals surface area contributed by atoms with Crippen LogP contribution in [0.5, 0.6) is 0 Å². The molecule has 2 atom stereocenters. The minimum Gasteiger partial charge on any atom is -0.465 e. The average molecular weight is 292 g/mol. The maximum atomic E-state index is 11.6. The van der Waals surface area contributed by atoms with Gasteiger partial charge in [-0.25, -0.2) is 0 Å². The predicted molar refractivity (Wildman–Crippen MR) is 83.0 cm³/mol. The topological polar surface area (TPSA) is 67.4 Å². The Hall–Kier alpha value is -1.88. The summed E-state index contributed by atoms with van der Waals surface area (Å²) in [7, 11) is 0. The van der Waals surface area contributed by atoms with Crippen LogP contribution in [-0.2, 0) is 14.3 Å². The lowest BCUT2D eigenvalue weighted by Gasteiger charge is -2.19. The molecule has 0 spiro atoms. The lowest BCUT2D eigenvalue weighted by Crippen LogP contribution is -2.37. The van der Waals surface area contributed by atoms with Gasteiger partial charge in [-0.3, -0.25) is 14.9 Å². The third kappa shape index (κ3) is 5.55. The van der Waals surface area contributed by atoms with Gasteiger partial charge in [0.25, 0.3) is 0 Å². The first-order valence-corrected chi connectivity index (χ1v) is 7.30. The molecule has 0 aliphatic carbocycles. The normalized spacial score (nSPS) is 13.3. The fourth-order valence-corrected chi connectivity index (χ4v) is 1.91. The molecule has 1 rings (SSSR count). The Morgan fingerprint density at radius 1 is 1.14 bits per heavy atom. The Balaban J connectivity index is 2.60. The van der Waals surface area contributed by atoms with Crippen LogP contribution < -0.4 is 10.6 Å². The van der Waals surface area contributed by atoms with E-state index in [2.05, 4.69) is 10.6 Å². The first-order valence-electron chi connectivity index (χ1n) is 7.30. The molecule has 1 aromatic carbocycles. The summed E-state index contributed by atoms with van der Waals surface area (Å²) in [5.41, 5.74) is 1.82. The van der Waals surface area contributed by atoms with Crippen LogP contribution in [0, 0.1) is 0 Å². The summed E-state index contributed by atoms with van der Waals surface area (Å²) in [5.74, 6) is -0.263. The monoisotopic (exact) mass is 292 g/mol. The van der Waals surface area contributed by atoms with Crippen molar-refractivity contribution in [2.75, 3.05) is 11.9 Å². The van der Waals surface area contributed by atoms with Gasteiger partial charge in [0.15, 0.2) is 0 Å².